The summed E-state index contributed by atoms with van der Waals surface area (Å²) in [6.45, 7) is 15.4. The van der Waals surface area contributed by atoms with Gasteiger partial charge in [0.05, 0.1) is 21.3 Å². The average Bonchev–Trinajstić information content (AvgIpc) is 2.82. The van der Waals surface area contributed by atoms with Crippen LogP contribution in [0.25, 0.3) is 0 Å². The summed E-state index contributed by atoms with van der Waals surface area (Å²) in [5.41, 5.74) is 2.80. The van der Waals surface area contributed by atoms with Crippen LogP contribution in [0, 0.1) is 24.7 Å². The maximum absolute atomic E-state index is 12.0. The molecule has 0 radical (unpaired) electrons. The molecule has 6 nitrogen and oxygen atoms in total. The van der Waals surface area contributed by atoms with Gasteiger partial charge in [-0.1, -0.05) is 105 Å². The van der Waals surface area contributed by atoms with E-state index in [4.69, 9.17) is 0 Å². The Morgan fingerprint density at radius 1 is 0.643 bits per heavy atom. The van der Waals surface area contributed by atoms with Crippen LogP contribution in [0.4, 0.5) is 0 Å². The molecular weight excluding hydrogens is 667 g/mol. The van der Waals surface area contributed by atoms with Crippen LogP contribution in [0.3, 0.4) is 0 Å². The van der Waals surface area contributed by atoms with Crippen LogP contribution in [0.15, 0.2) is 87.5 Å². The van der Waals surface area contributed by atoms with Crippen molar-refractivity contribution in [2.24, 2.45) is 10.8 Å². The van der Waals surface area contributed by atoms with Crippen molar-refractivity contribution in [3.8, 4) is 0 Å². The fourth-order valence-corrected chi connectivity index (χ4v) is 7.93. The number of sulfone groups is 2. The second kappa shape index (κ2) is 17.6. The standard InChI is InChI=1S/C12H17BrO2S.C12H18O2S.C7H8O2S.Na/c1-12(2,3)9-16(14,15)11-6-4-10(8-13)5-7-11;1-10-5-7-11(8-6-10)15(13,14)9-12(2,3)4;1-6-2-4-7(5-3-6)10(8)9;/h4-7H,8-9H2,1-3H3;5-8H,9H2,1-4H3;2-5H,1H3,(H,8,9);/q;;;+1/p-1. The van der Waals surface area contributed by atoms with Gasteiger partial charge < -0.3 is 4.55 Å². The number of aryl methyl sites for hydroxylation is 2. The quantitative estimate of drug-likeness (QED) is 0.213. The summed E-state index contributed by atoms with van der Waals surface area (Å²) in [6.07, 6.45) is 0. The van der Waals surface area contributed by atoms with Gasteiger partial charge in [-0.2, -0.15) is 0 Å². The van der Waals surface area contributed by atoms with Crippen LogP contribution in [0.2, 0.25) is 0 Å². The third-order valence-corrected chi connectivity index (χ3v) is 11.1. The van der Waals surface area contributed by atoms with E-state index in [1.54, 1.807) is 48.5 Å². The Morgan fingerprint density at radius 2 is 0.952 bits per heavy atom. The smallest absolute Gasteiger partial charge is 0.768 e. The summed E-state index contributed by atoms with van der Waals surface area (Å²) in [4.78, 5) is 1.17. The Morgan fingerprint density at radius 3 is 1.24 bits per heavy atom. The van der Waals surface area contributed by atoms with Crippen LogP contribution in [-0.2, 0) is 36.1 Å². The van der Waals surface area contributed by atoms with E-state index in [2.05, 4.69) is 15.9 Å². The second-order valence-corrected chi connectivity index (χ2v) is 17.8. The normalized spacial score (nSPS) is 12.5. The van der Waals surface area contributed by atoms with Gasteiger partial charge in [0.2, 0.25) is 0 Å². The van der Waals surface area contributed by atoms with Crippen molar-refractivity contribution in [3.63, 3.8) is 0 Å². The third-order valence-electron chi connectivity index (χ3n) is 5.28. The van der Waals surface area contributed by atoms with Crippen molar-refractivity contribution in [1.82, 2.24) is 0 Å². The first-order chi connectivity index (χ1) is 18.6. The van der Waals surface area contributed by atoms with Gasteiger partial charge in [-0.15, -0.1) is 0 Å². The summed E-state index contributed by atoms with van der Waals surface area (Å²) < 4.78 is 68.6. The largest absolute Gasteiger partial charge is 1.00 e. The van der Waals surface area contributed by atoms with Gasteiger partial charge in [0.25, 0.3) is 0 Å². The maximum Gasteiger partial charge on any atom is 1.00 e. The Bertz CT molecular complexity index is 1470. The molecule has 0 amide bonds. The molecule has 0 saturated carbocycles. The van der Waals surface area contributed by atoms with Crippen LogP contribution < -0.4 is 29.6 Å². The Hall–Kier alpha value is -0.850. The molecule has 0 N–H and O–H groups in total. The third kappa shape index (κ3) is 16.3. The molecule has 3 aromatic rings. The predicted octanol–water partition coefficient (Wildman–Crippen LogP) is 4.45. The van der Waals surface area contributed by atoms with Gasteiger partial charge in [-0.3, -0.25) is 4.21 Å². The van der Waals surface area contributed by atoms with Crippen LogP contribution in [-0.4, -0.2) is 37.1 Å². The van der Waals surface area contributed by atoms with Crippen LogP contribution >= 0.6 is 15.9 Å². The molecule has 0 aliphatic rings. The molecule has 1 unspecified atom stereocenters. The predicted molar refractivity (Wildman–Crippen MR) is 172 cm³/mol. The van der Waals surface area contributed by atoms with Crippen molar-refractivity contribution in [3.05, 3.63) is 89.5 Å². The number of benzene rings is 3. The topological polar surface area (TPSA) is 108 Å². The van der Waals surface area contributed by atoms with E-state index in [1.165, 1.54) is 0 Å². The number of alkyl halides is 1. The summed E-state index contributed by atoms with van der Waals surface area (Å²) in [6, 6.07) is 20.7. The number of hydrogen-bond donors (Lipinski definition) is 0. The van der Waals surface area contributed by atoms with E-state index in [1.807, 2.05) is 79.7 Å². The summed E-state index contributed by atoms with van der Waals surface area (Å²) in [7, 11) is -6.29. The summed E-state index contributed by atoms with van der Waals surface area (Å²) in [5.74, 6) is 0.358. The van der Waals surface area contributed by atoms with E-state index in [0.717, 1.165) is 22.0 Å². The van der Waals surface area contributed by atoms with Crippen molar-refractivity contribution < 1.29 is 55.2 Å². The molecule has 0 saturated heterocycles. The van der Waals surface area contributed by atoms with Crippen molar-refractivity contribution >= 4 is 46.7 Å². The van der Waals surface area contributed by atoms with E-state index < -0.39 is 30.8 Å². The van der Waals surface area contributed by atoms with Gasteiger partial charge in [0.15, 0.2) is 19.7 Å². The molecule has 1 atom stereocenters. The zero-order chi connectivity index (χ0) is 31.6. The molecule has 0 heterocycles. The minimum absolute atomic E-state index is 0. The first kappa shape index (κ1) is 41.1. The van der Waals surface area contributed by atoms with Crippen molar-refractivity contribution in [2.75, 3.05) is 11.5 Å². The SMILES string of the molecule is CC(C)(C)CS(=O)(=O)c1ccc(CBr)cc1.Cc1ccc(S(=O)(=O)CC(C)(C)C)cc1.Cc1ccc(S(=O)[O-])cc1.[Na+]. The zero-order valence-corrected chi connectivity index (χ0v) is 32.1. The van der Waals surface area contributed by atoms with Crippen LogP contribution in [0.5, 0.6) is 0 Å². The molecule has 0 spiro atoms. The Labute approximate surface area is 286 Å². The van der Waals surface area contributed by atoms with E-state index in [0.29, 0.717) is 14.7 Å². The monoisotopic (exact) mass is 708 g/mol. The average molecular weight is 710 g/mol. The molecule has 3 aromatic carbocycles. The maximum atomic E-state index is 12.0. The number of hydrogen-bond acceptors (Lipinski definition) is 6. The van der Waals surface area contributed by atoms with Gasteiger partial charge in [-0.05, 0) is 77.7 Å². The Balaban J connectivity index is 0.000000608. The number of rotatable bonds is 6. The minimum Gasteiger partial charge on any atom is -0.768 e. The van der Waals surface area contributed by atoms with Crippen molar-refractivity contribution in [1.29, 1.82) is 0 Å². The molecule has 0 bridgehead atoms. The zero-order valence-electron chi connectivity index (χ0n) is 26.1. The molecule has 228 valence electrons. The molecule has 0 aliphatic heterocycles. The van der Waals surface area contributed by atoms with E-state index in [9.17, 15) is 25.6 Å². The molecule has 42 heavy (non-hydrogen) atoms. The van der Waals surface area contributed by atoms with Gasteiger partial charge >= 0.3 is 29.6 Å². The first-order valence-electron chi connectivity index (χ1n) is 13.0. The van der Waals surface area contributed by atoms with E-state index in [-0.39, 0.29) is 51.9 Å². The molecule has 0 aliphatic carbocycles. The number of halogens is 1. The fourth-order valence-electron chi connectivity index (χ4n) is 3.49. The molecule has 0 aromatic heterocycles. The summed E-state index contributed by atoms with van der Waals surface area (Å²) in [5, 5.41) is 0.743. The second-order valence-electron chi connectivity index (χ2n) is 12.3. The summed E-state index contributed by atoms with van der Waals surface area (Å²) >= 11 is 1.24. The molecule has 11 heteroatoms. The van der Waals surface area contributed by atoms with Gasteiger partial charge in [0, 0.05) is 10.2 Å². The molecule has 0 fully saturated rings. The Kier molecular flexibility index (Phi) is 17.2. The van der Waals surface area contributed by atoms with Gasteiger partial charge in [0.1, 0.15) is 0 Å². The fraction of sp³-hybridized carbons (Fsp3) is 0.419. The first-order valence-corrected chi connectivity index (χ1v) is 18.5. The van der Waals surface area contributed by atoms with E-state index >= 15 is 0 Å². The van der Waals surface area contributed by atoms with Crippen LogP contribution in [0.1, 0.15) is 58.2 Å². The molecular formula is C31H42BrNaO6S3. The van der Waals surface area contributed by atoms with Gasteiger partial charge in [-0.25, -0.2) is 16.8 Å². The van der Waals surface area contributed by atoms with Crippen molar-refractivity contribution in [2.45, 2.75) is 75.4 Å². The minimum atomic E-state index is -3.16. The molecule has 3 rings (SSSR count).